The quantitative estimate of drug-likeness (QED) is 0.757. The largest absolute Gasteiger partial charge is 0.310 e. The molecule has 0 aliphatic carbocycles. The van der Waals surface area contributed by atoms with E-state index in [-0.39, 0.29) is 0 Å². The van der Waals surface area contributed by atoms with Crippen LogP contribution in [-0.4, -0.2) is 6.54 Å². The maximum atomic E-state index is 6.00. The maximum absolute atomic E-state index is 6.00. The second-order valence-corrected chi connectivity index (χ2v) is 5.26. The number of nitrogens with one attached hydrogen (secondary N) is 1. The van der Waals surface area contributed by atoms with E-state index < -0.39 is 0 Å². The molecule has 2 rings (SSSR count). The van der Waals surface area contributed by atoms with Gasteiger partial charge in [-0.3, -0.25) is 0 Å². The van der Waals surface area contributed by atoms with Crippen LogP contribution in [0.4, 0.5) is 0 Å². The molecule has 0 saturated heterocycles. The Morgan fingerprint density at radius 3 is 2.58 bits per heavy atom. The van der Waals surface area contributed by atoms with Gasteiger partial charge < -0.3 is 5.32 Å². The zero-order valence-corrected chi connectivity index (χ0v) is 12.0. The molecule has 0 aromatic heterocycles. The van der Waals surface area contributed by atoms with Gasteiger partial charge in [-0.15, -0.1) is 0 Å². The van der Waals surface area contributed by atoms with Gasteiger partial charge in [0.15, 0.2) is 0 Å². The fourth-order valence-corrected chi connectivity index (χ4v) is 2.35. The van der Waals surface area contributed by atoms with Crippen LogP contribution in [0.1, 0.15) is 30.5 Å². The van der Waals surface area contributed by atoms with Crippen molar-refractivity contribution >= 4 is 11.6 Å². The first-order valence-corrected chi connectivity index (χ1v) is 7.16. The van der Waals surface area contributed by atoms with Gasteiger partial charge in [-0.1, -0.05) is 54.1 Å². The Morgan fingerprint density at radius 2 is 1.84 bits per heavy atom. The number of benzene rings is 2. The predicted octanol–water partition coefficient (Wildman–Crippen LogP) is 4.62. The highest BCUT2D eigenvalue weighted by molar-refractivity contribution is 6.30. The lowest BCUT2D eigenvalue weighted by atomic mass is 10.1. The number of halogens is 1. The second-order valence-electron chi connectivity index (χ2n) is 4.82. The topological polar surface area (TPSA) is 12.0 Å². The molecule has 19 heavy (non-hydrogen) atoms. The molecule has 1 nitrogen and oxygen atoms in total. The average Bonchev–Trinajstić information content (AvgIpc) is 2.44. The van der Waals surface area contributed by atoms with Crippen molar-refractivity contribution in [3.05, 3.63) is 70.7 Å². The Kier molecular flexibility index (Phi) is 5.44. The third-order valence-corrected chi connectivity index (χ3v) is 3.52. The summed E-state index contributed by atoms with van der Waals surface area (Å²) in [6, 6.07) is 19.0. The molecule has 2 heteroatoms. The second kappa shape index (κ2) is 7.32. The zero-order valence-electron chi connectivity index (χ0n) is 11.3. The van der Waals surface area contributed by atoms with Crippen LogP contribution in [0.25, 0.3) is 0 Å². The van der Waals surface area contributed by atoms with E-state index in [0.717, 1.165) is 24.4 Å². The smallest absolute Gasteiger partial charge is 0.0409 e. The van der Waals surface area contributed by atoms with Gasteiger partial charge in [-0.2, -0.15) is 0 Å². The van der Waals surface area contributed by atoms with Gasteiger partial charge >= 0.3 is 0 Å². The molecule has 100 valence electrons. The van der Waals surface area contributed by atoms with E-state index in [1.54, 1.807) is 0 Å². The van der Waals surface area contributed by atoms with Gasteiger partial charge in [0.2, 0.25) is 0 Å². The van der Waals surface area contributed by atoms with Crippen LogP contribution in [0.2, 0.25) is 5.02 Å². The molecule has 1 atom stereocenters. The van der Waals surface area contributed by atoms with Gasteiger partial charge in [-0.05, 0) is 49.6 Å². The van der Waals surface area contributed by atoms with E-state index >= 15 is 0 Å². The Hall–Kier alpha value is -1.31. The van der Waals surface area contributed by atoms with Crippen LogP contribution in [0.5, 0.6) is 0 Å². The molecule has 0 aliphatic heterocycles. The maximum Gasteiger partial charge on any atom is 0.0409 e. The van der Waals surface area contributed by atoms with E-state index in [1.807, 2.05) is 18.2 Å². The zero-order chi connectivity index (χ0) is 13.5. The molecule has 2 aromatic carbocycles. The van der Waals surface area contributed by atoms with E-state index in [0.29, 0.717) is 6.04 Å². The number of rotatable bonds is 6. The molecule has 0 unspecified atom stereocenters. The number of hydrogen-bond donors (Lipinski definition) is 1. The first kappa shape index (κ1) is 14.1. The van der Waals surface area contributed by atoms with E-state index in [2.05, 4.69) is 48.6 Å². The molecule has 0 spiro atoms. The van der Waals surface area contributed by atoms with Crippen LogP contribution >= 0.6 is 11.6 Å². The summed E-state index contributed by atoms with van der Waals surface area (Å²) in [6.07, 6.45) is 2.27. The van der Waals surface area contributed by atoms with E-state index in [9.17, 15) is 0 Å². The summed E-state index contributed by atoms with van der Waals surface area (Å²) in [5.74, 6) is 0. The standard InChI is InChI=1S/C17H20ClN/c1-14(16-10-5-11-17(18)13-16)19-12-6-9-15-7-3-2-4-8-15/h2-5,7-8,10-11,13-14,19H,6,9,12H2,1H3/t14-/m1/s1. The van der Waals surface area contributed by atoms with Crippen molar-refractivity contribution in [3.8, 4) is 0 Å². The van der Waals surface area contributed by atoms with Gasteiger partial charge in [0.1, 0.15) is 0 Å². The minimum atomic E-state index is 0.342. The monoisotopic (exact) mass is 273 g/mol. The van der Waals surface area contributed by atoms with Crippen LogP contribution in [0, 0.1) is 0 Å². The van der Waals surface area contributed by atoms with Crippen LogP contribution in [-0.2, 0) is 6.42 Å². The Morgan fingerprint density at radius 1 is 1.05 bits per heavy atom. The first-order chi connectivity index (χ1) is 9.25. The van der Waals surface area contributed by atoms with E-state index in [4.69, 9.17) is 11.6 Å². The third kappa shape index (κ3) is 4.70. The van der Waals surface area contributed by atoms with Gasteiger partial charge in [0, 0.05) is 11.1 Å². The highest BCUT2D eigenvalue weighted by atomic mass is 35.5. The minimum Gasteiger partial charge on any atom is -0.310 e. The van der Waals surface area contributed by atoms with Crippen molar-refractivity contribution in [2.45, 2.75) is 25.8 Å². The van der Waals surface area contributed by atoms with Crippen LogP contribution in [0.3, 0.4) is 0 Å². The van der Waals surface area contributed by atoms with E-state index in [1.165, 1.54) is 11.1 Å². The fraction of sp³-hybridized carbons (Fsp3) is 0.294. The summed E-state index contributed by atoms with van der Waals surface area (Å²) in [6.45, 7) is 3.19. The molecule has 0 amide bonds. The summed E-state index contributed by atoms with van der Waals surface area (Å²) in [5.41, 5.74) is 2.65. The molecule has 0 fully saturated rings. The summed E-state index contributed by atoms with van der Waals surface area (Å²) >= 11 is 6.00. The summed E-state index contributed by atoms with van der Waals surface area (Å²) in [5, 5.41) is 4.34. The highest BCUT2D eigenvalue weighted by Gasteiger charge is 2.04. The molecule has 0 bridgehead atoms. The Labute approximate surface area is 120 Å². The lowest BCUT2D eigenvalue weighted by molar-refractivity contribution is 0.558. The molecule has 0 radical (unpaired) electrons. The fourth-order valence-electron chi connectivity index (χ4n) is 2.15. The van der Waals surface area contributed by atoms with Crippen LogP contribution in [0.15, 0.2) is 54.6 Å². The van der Waals surface area contributed by atoms with Gasteiger partial charge in [-0.25, -0.2) is 0 Å². The molecule has 0 saturated carbocycles. The summed E-state index contributed by atoms with van der Waals surface area (Å²) in [7, 11) is 0. The van der Waals surface area contributed by atoms with Crippen LogP contribution < -0.4 is 5.32 Å². The van der Waals surface area contributed by atoms with Crippen molar-refractivity contribution in [3.63, 3.8) is 0 Å². The van der Waals surface area contributed by atoms with Crippen molar-refractivity contribution in [1.29, 1.82) is 0 Å². The third-order valence-electron chi connectivity index (χ3n) is 3.28. The Balaban J connectivity index is 1.74. The molecule has 1 N–H and O–H groups in total. The lowest BCUT2D eigenvalue weighted by Gasteiger charge is -2.14. The molecule has 0 aliphatic rings. The normalized spacial score (nSPS) is 12.3. The first-order valence-electron chi connectivity index (χ1n) is 6.78. The van der Waals surface area contributed by atoms with Crippen molar-refractivity contribution in [2.75, 3.05) is 6.54 Å². The SMILES string of the molecule is C[C@@H](NCCCc1ccccc1)c1cccc(Cl)c1. The van der Waals surface area contributed by atoms with Crippen molar-refractivity contribution in [1.82, 2.24) is 5.32 Å². The molecule has 2 aromatic rings. The van der Waals surface area contributed by atoms with Gasteiger partial charge in [0.05, 0.1) is 0 Å². The molecular formula is C17H20ClN. The average molecular weight is 274 g/mol. The lowest BCUT2D eigenvalue weighted by Crippen LogP contribution is -2.20. The number of aryl methyl sites for hydroxylation is 1. The highest BCUT2D eigenvalue weighted by Crippen LogP contribution is 2.17. The van der Waals surface area contributed by atoms with Gasteiger partial charge in [0.25, 0.3) is 0 Å². The molecular weight excluding hydrogens is 254 g/mol. The molecule has 0 heterocycles. The minimum absolute atomic E-state index is 0.342. The summed E-state index contributed by atoms with van der Waals surface area (Å²) < 4.78 is 0. The van der Waals surface area contributed by atoms with Crippen molar-refractivity contribution in [2.24, 2.45) is 0 Å². The van der Waals surface area contributed by atoms with Crippen molar-refractivity contribution < 1.29 is 0 Å². The summed E-state index contributed by atoms with van der Waals surface area (Å²) in [4.78, 5) is 0. The Bertz CT molecular complexity index is 496. The predicted molar refractivity (Wildman–Crippen MR) is 82.6 cm³/mol. The number of hydrogen-bond acceptors (Lipinski definition) is 1.